The zero-order valence-electron chi connectivity index (χ0n) is 9.51. The molecule has 2 unspecified atom stereocenters. The summed E-state index contributed by atoms with van der Waals surface area (Å²) < 4.78 is 0. The highest BCUT2D eigenvalue weighted by Gasteiger charge is 2.13. The van der Waals surface area contributed by atoms with Crippen LogP contribution < -0.4 is 5.32 Å². The second-order valence-corrected chi connectivity index (χ2v) is 3.84. The number of aliphatic hydroxyl groups excluding tert-OH is 1. The smallest absolute Gasteiger partial charge is 0.0662 e. The third-order valence-electron chi connectivity index (χ3n) is 2.90. The lowest BCUT2D eigenvalue weighted by Gasteiger charge is -2.23. The Hall–Kier alpha value is -0.0800. The van der Waals surface area contributed by atoms with Crippen LogP contribution in [0.4, 0.5) is 0 Å². The first-order valence-corrected chi connectivity index (χ1v) is 5.57. The molecule has 2 heteroatoms. The fourth-order valence-electron chi connectivity index (χ4n) is 1.63. The van der Waals surface area contributed by atoms with Crippen molar-refractivity contribution in [2.45, 2.75) is 59.1 Å². The lowest BCUT2D eigenvalue weighted by Crippen LogP contribution is -2.38. The summed E-state index contributed by atoms with van der Waals surface area (Å²) in [6.45, 7) is 9.40. The van der Waals surface area contributed by atoms with E-state index in [2.05, 4.69) is 26.1 Å². The summed E-state index contributed by atoms with van der Waals surface area (Å²) in [5.41, 5.74) is 0. The van der Waals surface area contributed by atoms with Gasteiger partial charge in [-0.2, -0.15) is 0 Å². The first kappa shape index (κ1) is 12.9. The van der Waals surface area contributed by atoms with Crippen LogP contribution in [0.5, 0.6) is 0 Å². The van der Waals surface area contributed by atoms with Crippen molar-refractivity contribution >= 4 is 0 Å². The summed E-state index contributed by atoms with van der Waals surface area (Å²) in [6.07, 6.45) is 3.08. The van der Waals surface area contributed by atoms with E-state index in [1.807, 2.05) is 6.92 Å². The molecule has 2 nitrogen and oxygen atoms in total. The fraction of sp³-hybridized carbons (Fsp3) is 1.00. The van der Waals surface area contributed by atoms with Gasteiger partial charge in [-0.3, -0.25) is 0 Å². The normalized spacial score (nSPS) is 16.2. The molecule has 0 saturated heterocycles. The van der Waals surface area contributed by atoms with Gasteiger partial charge in [-0.25, -0.2) is 0 Å². The van der Waals surface area contributed by atoms with Crippen molar-refractivity contribution < 1.29 is 5.11 Å². The minimum atomic E-state index is -0.184. The average molecular weight is 187 g/mol. The molecule has 2 N–H and O–H groups in total. The van der Waals surface area contributed by atoms with Crippen molar-refractivity contribution in [1.82, 2.24) is 5.32 Å². The van der Waals surface area contributed by atoms with Crippen molar-refractivity contribution in [3.63, 3.8) is 0 Å². The van der Waals surface area contributed by atoms with Crippen LogP contribution >= 0.6 is 0 Å². The van der Waals surface area contributed by atoms with Gasteiger partial charge >= 0.3 is 0 Å². The molecule has 0 rings (SSSR count). The van der Waals surface area contributed by atoms with Crippen LogP contribution in [0.15, 0.2) is 0 Å². The summed E-state index contributed by atoms with van der Waals surface area (Å²) in [6, 6.07) is 0.524. The molecule has 0 amide bonds. The SMILES string of the molecule is CCC(O)CNC(C)C(CC)CC. The van der Waals surface area contributed by atoms with E-state index in [4.69, 9.17) is 0 Å². The maximum Gasteiger partial charge on any atom is 0.0662 e. The van der Waals surface area contributed by atoms with Crippen LogP contribution in [-0.2, 0) is 0 Å². The number of nitrogens with one attached hydrogen (secondary N) is 1. The number of aliphatic hydroxyl groups is 1. The lowest BCUT2D eigenvalue weighted by atomic mass is 9.95. The molecular formula is C11H25NO. The van der Waals surface area contributed by atoms with Crippen LogP contribution in [0.1, 0.15) is 47.0 Å². The molecule has 0 fully saturated rings. The standard InChI is InChI=1S/C11H25NO/c1-5-10(6-2)9(4)12-8-11(13)7-3/h9-13H,5-8H2,1-4H3. The Morgan fingerprint density at radius 2 is 1.62 bits per heavy atom. The Kier molecular flexibility index (Phi) is 7.29. The maximum atomic E-state index is 9.37. The van der Waals surface area contributed by atoms with E-state index in [1.165, 1.54) is 12.8 Å². The van der Waals surface area contributed by atoms with Crippen molar-refractivity contribution in [2.75, 3.05) is 6.54 Å². The summed E-state index contributed by atoms with van der Waals surface area (Å²) in [7, 11) is 0. The van der Waals surface area contributed by atoms with Gasteiger partial charge in [0.15, 0.2) is 0 Å². The molecule has 0 aromatic rings. The third kappa shape index (κ3) is 5.27. The second kappa shape index (κ2) is 7.34. The summed E-state index contributed by atoms with van der Waals surface area (Å²) in [5, 5.41) is 12.8. The molecule has 0 aliphatic rings. The minimum Gasteiger partial charge on any atom is -0.392 e. The van der Waals surface area contributed by atoms with E-state index < -0.39 is 0 Å². The van der Waals surface area contributed by atoms with Crippen LogP contribution in [0, 0.1) is 5.92 Å². The van der Waals surface area contributed by atoms with Crippen molar-refractivity contribution in [2.24, 2.45) is 5.92 Å². The average Bonchev–Trinajstić information content (AvgIpc) is 2.16. The molecule has 80 valence electrons. The molecule has 0 heterocycles. The van der Waals surface area contributed by atoms with E-state index in [1.54, 1.807) is 0 Å². The Bertz CT molecular complexity index is 113. The molecule has 0 aromatic carbocycles. The van der Waals surface area contributed by atoms with Gasteiger partial charge in [-0.1, -0.05) is 33.6 Å². The molecule has 0 radical (unpaired) electrons. The van der Waals surface area contributed by atoms with E-state index >= 15 is 0 Å². The van der Waals surface area contributed by atoms with Gasteiger partial charge < -0.3 is 10.4 Å². The number of hydrogen-bond donors (Lipinski definition) is 2. The lowest BCUT2D eigenvalue weighted by molar-refractivity contribution is 0.158. The fourth-order valence-corrected chi connectivity index (χ4v) is 1.63. The van der Waals surface area contributed by atoms with E-state index in [0.717, 1.165) is 18.9 Å². The van der Waals surface area contributed by atoms with Gasteiger partial charge in [0.25, 0.3) is 0 Å². The molecule has 0 spiro atoms. The zero-order chi connectivity index (χ0) is 10.3. The molecule has 2 atom stereocenters. The Labute approximate surface area is 82.7 Å². The summed E-state index contributed by atoms with van der Waals surface area (Å²) in [4.78, 5) is 0. The number of hydrogen-bond acceptors (Lipinski definition) is 2. The highest BCUT2D eigenvalue weighted by atomic mass is 16.3. The maximum absolute atomic E-state index is 9.37. The summed E-state index contributed by atoms with van der Waals surface area (Å²) >= 11 is 0. The largest absolute Gasteiger partial charge is 0.392 e. The van der Waals surface area contributed by atoms with Crippen LogP contribution in [-0.4, -0.2) is 23.8 Å². The van der Waals surface area contributed by atoms with Crippen LogP contribution in [0.3, 0.4) is 0 Å². The van der Waals surface area contributed by atoms with Gasteiger partial charge in [0.1, 0.15) is 0 Å². The monoisotopic (exact) mass is 187 g/mol. The van der Waals surface area contributed by atoms with Gasteiger partial charge in [-0.05, 0) is 19.3 Å². The van der Waals surface area contributed by atoms with Gasteiger partial charge in [-0.15, -0.1) is 0 Å². The predicted octanol–water partition coefficient (Wildman–Crippen LogP) is 2.17. The first-order valence-electron chi connectivity index (χ1n) is 5.57. The third-order valence-corrected chi connectivity index (χ3v) is 2.90. The molecule has 13 heavy (non-hydrogen) atoms. The number of rotatable bonds is 7. The van der Waals surface area contributed by atoms with E-state index in [9.17, 15) is 5.11 Å². The summed E-state index contributed by atoms with van der Waals surface area (Å²) in [5.74, 6) is 0.740. The highest BCUT2D eigenvalue weighted by molar-refractivity contribution is 4.71. The predicted molar refractivity (Wildman–Crippen MR) is 57.8 cm³/mol. The Morgan fingerprint density at radius 1 is 1.08 bits per heavy atom. The molecule has 0 aliphatic heterocycles. The highest BCUT2D eigenvalue weighted by Crippen LogP contribution is 2.12. The van der Waals surface area contributed by atoms with Crippen molar-refractivity contribution in [1.29, 1.82) is 0 Å². The first-order chi connectivity index (χ1) is 6.15. The topological polar surface area (TPSA) is 32.3 Å². The quantitative estimate of drug-likeness (QED) is 0.640. The molecular weight excluding hydrogens is 162 g/mol. The van der Waals surface area contributed by atoms with Gasteiger partial charge in [0.05, 0.1) is 6.10 Å². The Balaban J connectivity index is 3.65. The van der Waals surface area contributed by atoms with Crippen molar-refractivity contribution in [3.05, 3.63) is 0 Å². The zero-order valence-corrected chi connectivity index (χ0v) is 9.51. The Morgan fingerprint density at radius 3 is 2.00 bits per heavy atom. The van der Waals surface area contributed by atoms with Crippen molar-refractivity contribution in [3.8, 4) is 0 Å². The molecule has 0 saturated carbocycles. The molecule has 0 aromatic heterocycles. The van der Waals surface area contributed by atoms with E-state index in [-0.39, 0.29) is 6.10 Å². The van der Waals surface area contributed by atoms with Gasteiger partial charge in [0.2, 0.25) is 0 Å². The second-order valence-electron chi connectivity index (χ2n) is 3.84. The van der Waals surface area contributed by atoms with E-state index in [0.29, 0.717) is 6.04 Å². The molecule has 0 bridgehead atoms. The molecule has 0 aliphatic carbocycles. The van der Waals surface area contributed by atoms with Crippen LogP contribution in [0.2, 0.25) is 0 Å². The van der Waals surface area contributed by atoms with Gasteiger partial charge in [0, 0.05) is 12.6 Å². The minimum absolute atomic E-state index is 0.184. The van der Waals surface area contributed by atoms with Crippen LogP contribution in [0.25, 0.3) is 0 Å².